The standard InChI is InChI=1S/C9H15N3O3S/c1-5-11-12-6(15-5)4-16-9(2,3)7(10)8(13)14/h7H,4,10H2,1-3H3,(H,13,14)/t7-/m1/s1. The molecule has 0 saturated carbocycles. The maximum Gasteiger partial charge on any atom is 0.321 e. The number of aliphatic carboxylic acids is 1. The first-order valence-electron chi connectivity index (χ1n) is 4.74. The number of hydrogen-bond acceptors (Lipinski definition) is 6. The second-order valence-electron chi connectivity index (χ2n) is 3.92. The molecule has 0 unspecified atom stereocenters. The Hall–Kier alpha value is -1.08. The van der Waals surface area contributed by atoms with Gasteiger partial charge >= 0.3 is 5.97 Å². The predicted molar refractivity (Wildman–Crippen MR) is 60.0 cm³/mol. The van der Waals surface area contributed by atoms with E-state index in [1.54, 1.807) is 20.8 Å². The minimum Gasteiger partial charge on any atom is -0.480 e. The zero-order chi connectivity index (χ0) is 12.3. The minimum absolute atomic E-state index is 0.453. The van der Waals surface area contributed by atoms with Gasteiger partial charge in [0.15, 0.2) is 0 Å². The first-order valence-corrected chi connectivity index (χ1v) is 5.73. The molecular weight excluding hydrogens is 230 g/mol. The fourth-order valence-corrected chi connectivity index (χ4v) is 1.92. The summed E-state index contributed by atoms with van der Waals surface area (Å²) >= 11 is 1.38. The number of rotatable bonds is 5. The third kappa shape index (κ3) is 3.21. The number of nitrogens with zero attached hydrogens (tertiary/aromatic N) is 2. The van der Waals surface area contributed by atoms with E-state index in [-0.39, 0.29) is 0 Å². The van der Waals surface area contributed by atoms with Crippen LogP contribution in [0.25, 0.3) is 0 Å². The molecule has 0 spiro atoms. The normalized spacial score (nSPS) is 13.8. The number of aromatic nitrogens is 2. The van der Waals surface area contributed by atoms with Crippen LogP contribution in [0.2, 0.25) is 0 Å². The van der Waals surface area contributed by atoms with Crippen molar-refractivity contribution >= 4 is 17.7 Å². The van der Waals surface area contributed by atoms with Gasteiger partial charge in [-0.2, -0.15) is 0 Å². The predicted octanol–water partition coefficient (Wildman–Crippen LogP) is 0.802. The fourth-order valence-electron chi connectivity index (χ4n) is 1.03. The molecule has 16 heavy (non-hydrogen) atoms. The molecule has 1 aromatic rings. The minimum atomic E-state index is -1.01. The number of nitrogens with two attached hydrogens (primary N) is 1. The van der Waals surface area contributed by atoms with E-state index in [0.29, 0.717) is 17.5 Å². The lowest BCUT2D eigenvalue weighted by atomic mass is 10.1. The Morgan fingerprint density at radius 1 is 1.62 bits per heavy atom. The van der Waals surface area contributed by atoms with E-state index in [2.05, 4.69) is 10.2 Å². The van der Waals surface area contributed by atoms with Crippen molar-refractivity contribution in [2.45, 2.75) is 37.3 Å². The quantitative estimate of drug-likeness (QED) is 0.791. The maximum atomic E-state index is 10.8. The summed E-state index contributed by atoms with van der Waals surface area (Å²) < 4.78 is 4.60. The van der Waals surface area contributed by atoms with Crippen molar-refractivity contribution in [1.82, 2.24) is 10.2 Å². The van der Waals surface area contributed by atoms with Crippen LogP contribution in [0, 0.1) is 6.92 Å². The topological polar surface area (TPSA) is 102 Å². The molecule has 0 aliphatic rings. The van der Waals surface area contributed by atoms with Crippen LogP contribution in [0.4, 0.5) is 0 Å². The van der Waals surface area contributed by atoms with Gasteiger partial charge in [0.2, 0.25) is 11.8 Å². The summed E-state index contributed by atoms with van der Waals surface area (Å²) in [5.74, 6) is 0.415. The second kappa shape index (κ2) is 4.84. The second-order valence-corrected chi connectivity index (χ2v) is 5.55. The van der Waals surface area contributed by atoms with Crippen LogP contribution in [0.15, 0.2) is 4.42 Å². The Morgan fingerprint density at radius 2 is 2.25 bits per heavy atom. The Morgan fingerprint density at radius 3 is 2.69 bits per heavy atom. The van der Waals surface area contributed by atoms with Gasteiger partial charge in [0.25, 0.3) is 0 Å². The van der Waals surface area contributed by atoms with Crippen LogP contribution in [-0.2, 0) is 10.5 Å². The first-order chi connectivity index (χ1) is 7.33. The Balaban J connectivity index is 2.57. The SMILES string of the molecule is Cc1nnc(CSC(C)(C)[C@H](N)C(=O)O)o1. The highest BCUT2D eigenvalue weighted by atomic mass is 32.2. The zero-order valence-electron chi connectivity index (χ0n) is 9.43. The molecule has 1 heterocycles. The molecule has 0 aliphatic carbocycles. The highest BCUT2D eigenvalue weighted by Crippen LogP contribution is 2.30. The van der Waals surface area contributed by atoms with Gasteiger partial charge in [0.1, 0.15) is 6.04 Å². The molecule has 1 rings (SSSR count). The third-order valence-corrected chi connectivity index (χ3v) is 3.54. The van der Waals surface area contributed by atoms with Crippen molar-refractivity contribution in [3.05, 3.63) is 11.8 Å². The van der Waals surface area contributed by atoms with Gasteiger partial charge < -0.3 is 15.3 Å². The molecule has 90 valence electrons. The van der Waals surface area contributed by atoms with E-state index in [9.17, 15) is 4.79 Å². The number of carboxylic acid groups (broad SMARTS) is 1. The first kappa shape index (κ1) is 13.0. The van der Waals surface area contributed by atoms with E-state index < -0.39 is 16.8 Å². The van der Waals surface area contributed by atoms with Crippen molar-refractivity contribution in [3.63, 3.8) is 0 Å². The fraction of sp³-hybridized carbons (Fsp3) is 0.667. The maximum absolute atomic E-state index is 10.8. The number of hydrogen-bond donors (Lipinski definition) is 2. The van der Waals surface area contributed by atoms with Gasteiger partial charge in [-0.25, -0.2) is 0 Å². The van der Waals surface area contributed by atoms with E-state index in [4.69, 9.17) is 15.3 Å². The van der Waals surface area contributed by atoms with Crippen LogP contribution >= 0.6 is 11.8 Å². The van der Waals surface area contributed by atoms with Gasteiger partial charge in [-0.3, -0.25) is 4.79 Å². The molecule has 3 N–H and O–H groups in total. The van der Waals surface area contributed by atoms with Crippen LogP contribution in [-0.4, -0.2) is 32.1 Å². The highest BCUT2D eigenvalue weighted by molar-refractivity contribution is 7.99. The van der Waals surface area contributed by atoms with Crippen LogP contribution < -0.4 is 5.73 Å². The zero-order valence-corrected chi connectivity index (χ0v) is 10.2. The molecule has 0 bridgehead atoms. The molecule has 1 atom stereocenters. The van der Waals surface area contributed by atoms with Gasteiger partial charge in [-0.1, -0.05) is 0 Å². The van der Waals surface area contributed by atoms with Gasteiger partial charge in [0.05, 0.1) is 5.75 Å². The lowest BCUT2D eigenvalue weighted by Crippen LogP contribution is -2.46. The van der Waals surface area contributed by atoms with Gasteiger partial charge in [0, 0.05) is 11.7 Å². The van der Waals surface area contributed by atoms with E-state index >= 15 is 0 Å². The number of aryl methyl sites for hydroxylation is 1. The average molecular weight is 245 g/mol. The highest BCUT2D eigenvalue weighted by Gasteiger charge is 2.32. The summed E-state index contributed by atoms with van der Waals surface area (Å²) in [5, 5.41) is 16.3. The summed E-state index contributed by atoms with van der Waals surface area (Å²) in [6.07, 6.45) is 0. The lowest BCUT2D eigenvalue weighted by Gasteiger charge is -2.27. The van der Waals surface area contributed by atoms with Crippen molar-refractivity contribution in [3.8, 4) is 0 Å². The van der Waals surface area contributed by atoms with Crippen LogP contribution in [0.5, 0.6) is 0 Å². The van der Waals surface area contributed by atoms with Crippen molar-refractivity contribution in [2.24, 2.45) is 5.73 Å². The Labute approximate surface area is 97.6 Å². The summed E-state index contributed by atoms with van der Waals surface area (Å²) in [6, 6.07) is -0.929. The lowest BCUT2D eigenvalue weighted by molar-refractivity contribution is -0.139. The van der Waals surface area contributed by atoms with E-state index in [1.165, 1.54) is 11.8 Å². The summed E-state index contributed by atoms with van der Waals surface area (Å²) in [6.45, 7) is 5.26. The third-order valence-electron chi connectivity index (χ3n) is 2.15. The average Bonchev–Trinajstić information content (AvgIpc) is 2.60. The summed E-state index contributed by atoms with van der Waals surface area (Å²) in [4.78, 5) is 10.8. The summed E-state index contributed by atoms with van der Waals surface area (Å²) in [5.41, 5.74) is 5.58. The molecular formula is C9H15N3O3S. The van der Waals surface area contributed by atoms with E-state index in [0.717, 1.165) is 0 Å². The molecule has 1 aromatic heterocycles. The molecule has 0 saturated heterocycles. The molecule has 0 radical (unpaired) electrons. The van der Waals surface area contributed by atoms with Crippen molar-refractivity contribution < 1.29 is 14.3 Å². The number of carbonyl (C=O) groups is 1. The molecule has 6 nitrogen and oxygen atoms in total. The van der Waals surface area contributed by atoms with Gasteiger partial charge in [-0.15, -0.1) is 22.0 Å². The van der Waals surface area contributed by atoms with Crippen LogP contribution in [0.3, 0.4) is 0 Å². The van der Waals surface area contributed by atoms with Crippen molar-refractivity contribution in [1.29, 1.82) is 0 Å². The number of thioether (sulfide) groups is 1. The monoisotopic (exact) mass is 245 g/mol. The molecule has 0 aromatic carbocycles. The molecule has 0 amide bonds. The van der Waals surface area contributed by atoms with Crippen LogP contribution in [0.1, 0.15) is 25.6 Å². The van der Waals surface area contributed by atoms with Gasteiger partial charge in [-0.05, 0) is 13.8 Å². The Bertz CT molecular complexity index is 378. The molecule has 0 fully saturated rings. The largest absolute Gasteiger partial charge is 0.480 e. The van der Waals surface area contributed by atoms with Crippen molar-refractivity contribution in [2.75, 3.05) is 0 Å². The number of carboxylic acids is 1. The van der Waals surface area contributed by atoms with E-state index in [1.807, 2.05) is 0 Å². The molecule has 7 heteroatoms. The summed E-state index contributed by atoms with van der Waals surface area (Å²) in [7, 11) is 0. The Kier molecular flexibility index (Phi) is 3.93. The smallest absolute Gasteiger partial charge is 0.321 e. The molecule has 0 aliphatic heterocycles.